The molecule has 1 aliphatic rings. The summed E-state index contributed by atoms with van der Waals surface area (Å²) >= 11 is 1.05. The van der Waals surface area contributed by atoms with Crippen molar-refractivity contribution in [2.24, 2.45) is 0 Å². The van der Waals surface area contributed by atoms with Gasteiger partial charge in [-0.3, -0.25) is 19.5 Å². The molecule has 1 atom stereocenters. The zero-order valence-electron chi connectivity index (χ0n) is 21.1. The lowest BCUT2D eigenvalue weighted by Crippen LogP contribution is -2.25. The van der Waals surface area contributed by atoms with Gasteiger partial charge in [-0.2, -0.15) is 8.42 Å². The van der Waals surface area contributed by atoms with Crippen LogP contribution in [0.25, 0.3) is 10.8 Å². The number of amides is 2. The molecule has 1 unspecified atom stereocenters. The summed E-state index contributed by atoms with van der Waals surface area (Å²) in [6.07, 6.45) is 2.30. The third-order valence-electron chi connectivity index (χ3n) is 5.87. The Morgan fingerprint density at radius 3 is 2.36 bits per heavy atom. The van der Waals surface area contributed by atoms with E-state index < -0.39 is 10.1 Å². The first kappa shape index (κ1) is 28.1. The summed E-state index contributed by atoms with van der Waals surface area (Å²) in [6, 6.07) is 25.2. The maximum Gasteiger partial charge on any atom is 0.295 e. The molecule has 4 aromatic rings. The Labute approximate surface area is 230 Å². The standard InChI is InChI=1S/C18H19N3O3S.C10H8O3S/c1-21(16-4-2-3-9-19-16)10-11-24-14-7-5-13(6-8-14)12-15-17(22)20-18(23)25-15;11-14(12,13)10-7-3-5-8-4-1-2-6-9(8)10/h2-9,15H,10-12H2,1H3,(H,20,22,23);1-7H,(H,11,12,13). The zero-order valence-corrected chi connectivity index (χ0v) is 22.7. The van der Waals surface area contributed by atoms with E-state index in [4.69, 9.17) is 9.29 Å². The molecule has 1 aliphatic heterocycles. The molecule has 11 heteroatoms. The minimum atomic E-state index is -4.13. The van der Waals surface area contributed by atoms with E-state index in [1.807, 2.05) is 60.5 Å². The molecule has 5 rings (SSSR count). The molecule has 0 saturated carbocycles. The van der Waals surface area contributed by atoms with Crippen molar-refractivity contribution in [1.82, 2.24) is 10.3 Å². The second-order valence-corrected chi connectivity index (χ2v) is 11.2. The van der Waals surface area contributed by atoms with Gasteiger partial charge in [0.2, 0.25) is 5.91 Å². The van der Waals surface area contributed by atoms with E-state index in [1.165, 1.54) is 6.07 Å². The van der Waals surface area contributed by atoms with Gasteiger partial charge in [-0.1, -0.05) is 66.4 Å². The number of hydrogen-bond donors (Lipinski definition) is 2. The Hall–Kier alpha value is -3.93. The summed E-state index contributed by atoms with van der Waals surface area (Å²) in [5.41, 5.74) is 1.00. The number of imide groups is 1. The number of carbonyl (C=O) groups is 2. The van der Waals surface area contributed by atoms with Gasteiger partial charge in [-0.15, -0.1) is 0 Å². The third kappa shape index (κ3) is 7.79. The summed E-state index contributed by atoms with van der Waals surface area (Å²) in [5, 5.41) is 3.02. The van der Waals surface area contributed by atoms with Gasteiger partial charge in [0.1, 0.15) is 23.1 Å². The van der Waals surface area contributed by atoms with Crippen molar-refractivity contribution in [1.29, 1.82) is 0 Å². The van der Waals surface area contributed by atoms with Crippen LogP contribution in [-0.4, -0.2) is 54.6 Å². The first-order chi connectivity index (χ1) is 18.7. The van der Waals surface area contributed by atoms with Crippen molar-refractivity contribution in [3.63, 3.8) is 0 Å². The summed E-state index contributed by atoms with van der Waals surface area (Å²) < 4.78 is 36.7. The van der Waals surface area contributed by atoms with Crippen LogP contribution in [0.5, 0.6) is 5.75 Å². The van der Waals surface area contributed by atoms with Crippen LogP contribution >= 0.6 is 11.8 Å². The number of fused-ring (bicyclic) bond motifs is 1. The normalized spacial score (nSPS) is 14.9. The topological polar surface area (TPSA) is 126 Å². The highest BCUT2D eigenvalue weighted by Gasteiger charge is 2.31. The minimum absolute atomic E-state index is 0.0457. The smallest absolute Gasteiger partial charge is 0.295 e. The number of ether oxygens (including phenoxy) is 1. The summed E-state index contributed by atoms with van der Waals surface area (Å²) in [5.74, 6) is 1.47. The third-order valence-corrected chi connectivity index (χ3v) is 7.77. The van der Waals surface area contributed by atoms with Crippen LogP contribution < -0.4 is 15.0 Å². The van der Waals surface area contributed by atoms with E-state index in [-0.39, 0.29) is 21.3 Å². The van der Waals surface area contributed by atoms with Crippen LogP contribution in [0.4, 0.5) is 10.6 Å². The fourth-order valence-corrected chi connectivity index (χ4v) is 5.45. The predicted octanol–water partition coefficient (Wildman–Crippen LogP) is 4.58. The van der Waals surface area contributed by atoms with Crippen LogP contribution in [0.3, 0.4) is 0 Å². The maximum atomic E-state index is 11.6. The number of nitrogens with one attached hydrogen (secondary N) is 1. The Morgan fingerprint density at radius 1 is 0.974 bits per heavy atom. The lowest BCUT2D eigenvalue weighted by atomic mass is 10.1. The average Bonchev–Trinajstić information content (AvgIpc) is 3.25. The average molecular weight is 566 g/mol. The molecule has 2 N–H and O–H groups in total. The van der Waals surface area contributed by atoms with Gasteiger partial charge in [-0.05, 0) is 47.7 Å². The molecule has 9 nitrogen and oxygen atoms in total. The number of benzene rings is 3. The molecule has 0 radical (unpaired) electrons. The summed E-state index contributed by atoms with van der Waals surface area (Å²) in [6.45, 7) is 1.27. The number of carbonyl (C=O) groups excluding carboxylic acids is 2. The van der Waals surface area contributed by atoms with E-state index in [9.17, 15) is 18.0 Å². The number of thioether (sulfide) groups is 1. The van der Waals surface area contributed by atoms with Crippen molar-refractivity contribution in [3.8, 4) is 5.75 Å². The minimum Gasteiger partial charge on any atom is -0.492 e. The van der Waals surface area contributed by atoms with E-state index in [0.29, 0.717) is 18.4 Å². The molecule has 0 spiro atoms. The van der Waals surface area contributed by atoms with Crippen molar-refractivity contribution in [2.75, 3.05) is 25.1 Å². The lowest BCUT2D eigenvalue weighted by Gasteiger charge is -2.18. The SMILES string of the molecule is CN(CCOc1ccc(CC2SC(=O)NC2=O)cc1)c1ccccn1.O=S(=O)(O)c1cccc2ccccc12. The summed E-state index contributed by atoms with van der Waals surface area (Å²) in [4.78, 5) is 29.0. The Morgan fingerprint density at radius 2 is 1.69 bits per heavy atom. The molecular formula is C28H27N3O6S2. The molecule has 1 aromatic heterocycles. The Bertz CT molecular complexity index is 1540. The van der Waals surface area contributed by atoms with Crippen LogP contribution in [0.1, 0.15) is 5.56 Å². The molecule has 39 heavy (non-hydrogen) atoms. The molecule has 2 amide bonds. The largest absolute Gasteiger partial charge is 0.492 e. The van der Waals surface area contributed by atoms with E-state index in [2.05, 4.69) is 10.3 Å². The van der Waals surface area contributed by atoms with Crippen LogP contribution in [0.2, 0.25) is 0 Å². The second-order valence-electron chi connectivity index (χ2n) is 8.64. The quantitative estimate of drug-likeness (QED) is 0.295. The monoisotopic (exact) mass is 565 g/mol. The van der Waals surface area contributed by atoms with Crippen LogP contribution in [0.15, 0.2) is 96.0 Å². The fraction of sp³-hybridized carbons (Fsp3) is 0.179. The van der Waals surface area contributed by atoms with Gasteiger partial charge in [0.15, 0.2) is 0 Å². The predicted molar refractivity (Wildman–Crippen MR) is 152 cm³/mol. The highest BCUT2D eigenvalue weighted by Crippen LogP contribution is 2.24. The number of pyridine rings is 1. The number of aromatic nitrogens is 1. The van der Waals surface area contributed by atoms with Gasteiger partial charge in [-0.25, -0.2) is 4.98 Å². The van der Waals surface area contributed by atoms with Crippen LogP contribution in [-0.2, 0) is 21.3 Å². The van der Waals surface area contributed by atoms with Gasteiger partial charge in [0.25, 0.3) is 15.4 Å². The molecule has 202 valence electrons. The van der Waals surface area contributed by atoms with Crippen LogP contribution in [0, 0.1) is 0 Å². The van der Waals surface area contributed by atoms with E-state index in [1.54, 1.807) is 36.5 Å². The molecule has 3 aromatic carbocycles. The molecule has 2 heterocycles. The number of hydrogen-bond acceptors (Lipinski definition) is 8. The van der Waals surface area contributed by atoms with Gasteiger partial charge in [0.05, 0.1) is 11.8 Å². The zero-order chi connectivity index (χ0) is 27.8. The van der Waals surface area contributed by atoms with Crippen molar-refractivity contribution < 1.29 is 27.3 Å². The molecular weight excluding hydrogens is 538 g/mol. The highest BCUT2D eigenvalue weighted by molar-refractivity contribution is 8.15. The van der Waals surface area contributed by atoms with Gasteiger partial charge in [0, 0.05) is 18.6 Å². The lowest BCUT2D eigenvalue weighted by molar-refractivity contribution is -0.118. The molecule has 0 bridgehead atoms. The van der Waals surface area contributed by atoms with Crippen molar-refractivity contribution in [3.05, 3.63) is 96.7 Å². The van der Waals surface area contributed by atoms with Gasteiger partial charge < -0.3 is 9.64 Å². The van der Waals surface area contributed by atoms with E-state index in [0.717, 1.165) is 40.8 Å². The van der Waals surface area contributed by atoms with Crippen molar-refractivity contribution in [2.45, 2.75) is 16.6 Å². The molecule has 1 saturated heterocycles. The number of rotatable bonds is 8. The first-order valence-corrected chi connectivity index (χ1v) is 14.3. The second kappa shape index (κ2) is 12.7. The number of nitrogens with zero attached hydrogens (tertiary/aromatic N) is 2. The number of anilines is 1. The Balaban J connectivity index is 0.000000212. The molecule has 1 fully saturated rings. The highest BCUT2D eigenvalue weighted by atomic mass is 32.2. The Kier molecular flexibility index (Phi) is 9.18. The van der Waals surface area contributed by atoms with Crippen molar-refractivity contribution >= 4 is 49.6 Å². The fourth-order valence-electron chi connectivity index (χ4n) is 3.88. The summed E-state index contributed by atoms with van der Waals surface area (Å²) in [7, 11) is -2.16. The molecule has 0 aliphatic carbocycles. The first-order valence-electron chi connectivity index (χ1n) is 12.0. The van der Waals surface area contributed by atoms with E-state index >= 15 is 0 Å². The van der Waals surface area contributed by atoms with Gasteiger partial charge >= 0.3 is 0 Å². The number of likely N-dealkylation sites (N-methyl/N-ethyl adjacent to an activating group) is 1. The maximum absolute atomic E-state index is 11.6.